The van der Waals surface area contributed by atoms with E-state index >= 15 is 0 Å². The first kappa shape index (κ1) is 20.3. The van der Waals surface area contributed by atoms with Crippen LogP contribution in [0.15, 0.2) is 63.6 Å². The Morgan fingerprint density at radius 1 is 1.10 bits per heavy atom. The van der Waals surface area contributed by atoms with Crippen LogP contribution >= 0.6 is 0 Å². The predicted molar refractivity (Wildman–Crippen MR) is 114 cm³/mol. The quantitative estimate of drug-likeness (QED) is 0.386. The van der Waals surface area contributed by atoms with Crippen LogP contribution in [0.2, 0.25) is 0 Å². The Balaban J connectivity index is 1.47. The van der Waals surface area contributed by atoms with Crippen molar-refractivity contribution >= 4 is 5.91 Å². The molecule has 5 heteroatoms. The van der Waals surface area contributed by atoms with E-state index in [0.29, 0.717) is 37.1 Å². The fourth-order valence-electron chi connectivity index (χ4n) is 3.59. The van der Waals surface area contributed by atoms with Crippen molar-refractivity contribution in [3.63, 3.8) is 0 Å². The number of carbonyl (C=O) groups is 1. The molecule has 30 heavy (non-hydrogen) atoms. The monoisotopic (exact) mass is 407 g/mol. The van der Waals surface area contributed by atoms with Crippen LogP contribution in [0.5, 0.6) is 5.75 Å². The highest BCUT2D eigenvalue weighted by Crippen LogP contribution is 2.47. The summed E-state index contributed by atoms with van der Waals surface area (Å²) in [5.41, 5.74) is 0.618. The first-order chi connectivity index (χ1) is 14.6. The highest BCUT2D eigenvalue weighted by molar-refractivity contribution is 5.94. The number of furan rings is 2. The molecule has 1 amide bonds. The van der Waals surface area contributed by atoms with Gasteiger partial charge in [0.25, 0.3) is 5.91 Å². The third-order valence-corrected chi connectivity index (χ3v) is 5.59. The van der Waals surface area contributed by atoms with Gasteiger partial charge in [-0.15, -0.1) is 0 Å². The Morgan fingerprint density at radius 2 is 1.87 bits per heavy atom. The number of carbonyl (C=O) groups excluding carboxylic acids is 1. The van der Waals surface area contributed by atoms with Crippen molar-refractivity contribution in [2.45, 2.75) is 52.1 Å². The third-order valence-electron chi connectivity index (χ3n) is 5.59. The molecule has 3 aromatic rings. The molecule has 0 spiro atoms. The molecular formula is C25H29NO4. The maximum Gasteiger partial charge on any atom is 0.254 e. The fourth-order valence-corrected chi connectivity index (χ4v) is 3.59. The van der Waals surface area contributed by atoms with E-state index in [-0.39, 0.29) is 5.91 Å². The minimum atomic E-state index is -0.0655. The largest absolute Gasteiger partial charge is 0.494 e. The zero-order valence-electron chi connectivity index (χ0n) is 17.7. The van der Waals surface area contributed by atoms with Crippen LogP contribution in [-0.4, -0.2) is 17.4 Å². The molecule has 0 N–H and O–H groups in total. The average Bonchev–Trinajstić information content (AvgIpc) is 3.14. The number of nitrogens with zero attached hydrogens (tertiary/aromatic N) is 1. The Hall–Kier alpha value is -2.95. The van der Waals surface area contributed by atoms with Gasteiger partial charge in [0.2, 0.25) is 0 Å². The van der Waals surface area contributed by atoms with Gasteiger partial charge < -0.3 is 18.5 Å². The van der Waals surface area contributed by atoms with Gasteiger partial charge in [-0.05, 0) is 67.3 Å². The molecule has 2 unspecified atom stereocenters. The number of amides is 1. The lowest BCUT2D eigenvalue weighted by Gasteiger charge is -2.21. The summed E-state index contributed by atoms with van der Waals surface area (Å²) in [4.78, 5) is 15.0. The average molecular weight is 408 g/mol. The molecule has 1 aliphatic rings. The summed E-state index contributed by atoms with van der Waals surface area (Å²) in [5, 5.41) is 0. The normalized spacial score (nSPS) is 17.7. The Labute approximate surface area is 177 Å². The van der Waals surface area contributed by atoms with Gasteiger partial charge in [0.1, 0.15) is 23.0 Å². The Bertz CT molecular complexity index is 942. The minimum absolute atomic E-state index is 0.0655. The topological polar surface area (TPSA) is 55.8 Å². The van der Waals surface area contributed by atoms with Crippen LogP contribution in [0.3, 0.4) is 0 Å². The number of hydrogen-bond acceptors (Lipinski definition) is 4. The van der Waals surface area contributed by atoms with Gasteiger partial charge in [-0.2, -0.15) is 0 Å². The number of rotatable bonds is 10. The molecule has 0 radical (unpaired) electrons. The molecule has 1 aromatic carbocycles. The molecule has 1 saturated carbocycles. The molecule has 158 valence electrons. The zero-order valence-corrected chi connectivity index (χ0v) is 17.7. The van der Waals surface area contributed by atoms with Crippen molar-refractivity contribution in [3.8, 4) is 5.75 Å². The molecule has 0 aliphatic heterocycles. The number of ether oxygens (including phenoxy) is 1. The molecule has 1 aliphatic carbocycles. The molecule has 0 bridgehead atoms. The van der Waals surface area contributed by atoms with E-state index in [1.807, 2.05) is 48.5 Å². The van der Waals surface area contributed by atoms with E-state index < -0.39 is 0 Å². The molecule has 1 fully saturated rings. The van der Waals surface area contributed by atoms with Crippen molar-refractivity contribution in [1.29, 1.82) is 0 Å². The van der Waals surface area contributed by atoms with Crippen LogP contribution in [0.25, 0.3) is 0 Å². The molecule has 4 rings (SSSR count). The van der Waals surface area contributed by atoms with Crippen molar-refractivity contribution in [3.05, 3.63) is 77.6 Å². The minimum Gasteiger partial charge on any atom is -0.494 e. The lowest BCUT2D eigenvalue weighted by molar-refractivity contribution is 0.0704. The van der Waals surface area contributed by atoms with Crippen LogP contribution in [0.1, 0.15) is 66.7 Å². The fraction of sp³-hybridized carbons (Fsp3) is 0.400. The van der Waals surface area contributed by atoms with Gasteiger partial charge in [0.15, 0.2) is 0 Å². The summed E-state index contributed by atoms with van der Waals surface area (Å²) in [5.74, 6) is 4.48. The summed E-state index contributed by atoms with van der Waals surface area (Å²) in [6.45, 7) is 5.84. The summed E-state index contributed by atoms with van der Waals surface area (Å²) in [6, 6.07) is 15.1. The van der Waals surface area contributed by atoms with E-state index in [9.17, 15) is 4.79 Å². The van der Waals surface area contributed by atoms with E-state index in [0.717, 1.165) is 35.9 Å². The Kier molecular flexibility index (Phi) is 6.26. The second kappa shape index (κ2) is 9.24. The van der Waals surface area contributed by atoms with Crippen molar-refractivity contribution in [2.75, 3.05) is 6.61 Å². The molecule has 2 heterocycles. The van der Waals surface area contributed by atoms with Crippen molar-refractivity contribution < 1.29 is 18.4 Å². The van der Waals surface area contributed by atoms with E-state index in [4.69, 9.17) is 13.6 Å². The zero-order chi connectivity index (χ0) is 20.9. The van der Waals surface area contributed by atoms with Crippen LogP contribution in [-0.2, 0) is 13.1 Å². The summed E-state index contributed by atoms with van der Waals surface area (Å²) >= 11 is 0. The van der Waals surface area contributed by atoms with Crippen molar-refractivity contribution in [1.82, 2.24) is 4.90 Å². The SMILES string of the molecule is CCCCOc1ccc(C(=O)N(Cc2ccco2)Cc2ccc(C3CC3C)o2)cc1. The van der Waals surface area contributed by atoms with Gasteiger partial charge in [-0.25, -0.2) is 0 Å². The van der Waals surface area contributed by atoms with Crippen LogP contribution in [0.4, 0.5) is 0 Å². The number of unbranched alkanes of at least 4 members (excludes halogenated alkanes) is 1. The van der Waals surface area contributed by atoms with E-state index in [1.54, 1.807) is 11.2 Å². The lowest BCUT2D eigenvalue weighted by Crippen LogP contribution is -2.29. The smallest absolute Gasteiger partial charge is 0.254 e. The lowest BCUT2D eigenvalue weighted by atomic mass is 10.1. The standard InChI is InChI=1S/C25H29NO4/c1-3-4-13-28-20-9-7-19(8-10-20)25(27)26(16-21-6-5-14-29-21)17-22-11-12-24(30-22)23-15-18(23)2/h5-12,14,18,23H,3-4,13,15-17H2,1-2H3. The van der Waals surface area contributed by atoms with Gasteiger partial charge >= 0.3 is 0 Å². The molecule has 5 nitrogen and oxygen atoms in total. The van der Waals surface area contributed by atoms with E-state index in [1.165, 1.54) is 6.42 Å². The van der Waals surface area contributed by atoms with E-state index in [2.05, 4.69) is 13.8 Å². The third kappa shape index (κ3) is 4.96. The second-order valence-corrected chi connectivity index (χ2v) is 8.09. The van der Waals surface area contributed by atoms with Gasteiger partial charge in [0, 0.05) is 11.5 Å². The van der Waals surface area contributed by atoms with Gasteiger partial charge in [0.05, 0.1) is 26.0 Å². The van der Waals surface area contributed by atoms with Crippen molar-refractivity contribution in [2.24, 2.45) is 5.92 Å². The van der Waals surface area contributed by atoms with Crippen LogP contribution < -0.4 is 4.74 Å². The highest BCUT2D eigenvalue weighted by Gasteiger charge is 2.36. The Morgan fingerprint density at radius 3 is 2.53 bits per heavy atom. The number of hydrogen-bond donors (Lipinski definition) is 0. The van der Waals surface area contributed by atoms with Gasteiger partial charge in [-0.3, -0.25) is 4.79 Å². The first-order valence-corrected chi connectivity index (χ1v) is 10.8. The predicted octanol–water partition coefficient (Wildman–Crippen LogP) is 6.02. The highest BCUT2D eigenvalue weighted by atomic mass is 16.5. The first-order valence-electron chi connectivity index (χ1n) is 10.8. The van der Waals surface area contributed by atoms with Crippen LogP contribution in [0, 0.1) is 5.92 Å². The maximum absolute atomic E-state index is 13.3. The summed E-state index contributed by atoms with van der Waals surface area (Å²) in [7, 11) is 0. The molecule has 2 aromatic heterocycles. The molecule has 0 saturated heterocycles. The number of benzene rings is 1. The summed E-state index contributed by atoms with van der Waals surface area (Å²) < 4.78 is 17.2. The summed E-state index contributed by atoms with van der Waals surface area (Å²) in [6.07, 6.45) is 4.91. The maximum atomic E-state index is 13.3. The molecule has 2 atom stereocenters. The second-order valence-electron chi connectivity index (χ2n) is 8.09. The molecular weight excluding hydrogens is 378 g/mol. The van der Waals surface area contributed by atoms with Gasteiger partial charge in [-0.1, -0.05) is 20.3 Å².